The van der Waals surface area contributed by atoms with E-state index < -0.39 is 0 Å². The normalized spacial score (nSPS) is 10.4. The molecule has 0 heterocycles. The summed E-state index contributed by atoms with van der Waals surface area (Å²) in [6.07, 6.45) is 0. The molecule has 0 radical (unpaired) electrons. The molecule has 0 aromatic heterocycles. The van der Waals surface area contributed by atoms with Gasteiger partial charge >= 0.3 is 0 Å². The number of carbonyl (C=O) groups is 1. The summed E-state index contributed by atoms with van der Waals surface area (Å²) in [6.45, 7) is 3.59. The van der Waals surface area contributed by atoms with E-state index in [0.717, 1.165) is 11.4 Å². The van der Waals surface area contributed by atoms with Crippen LogP contribution in [0.4, 0.5) is 17.1 Å². The quantitative estimate of drug-likeness (QED) is 0.657. The minimum Gasteiger partial charge on any atom is -0.506 e. The Kier molecular flexibility index (Phi) is 4.34. The molecule has 0 bridgehead atoms. The number of phenolic OH excluding ortho intramolecular Hbond substituents is 1. The summed E-state index contributed by atoms with van der Waals surface area (Å²) in [7, 11) is 0. The summed E-state index contributed by atoms with van der Waals surface area (Å²) in [6, 6.07) is 22.7. The highest BCUT2D eigenvalue weighted by Gasteiger charge is 2.15. The van der Waals surface area contributed by atoms with E-state index in [1.807, 2.05) is 60.4 Å². The Bertz CT molecular complexity index is 852. The number of nitrogens with zero attached hydrogens (tertiary/aromatic N) is 1. The predicted molar refractivity (Wildman–Crippen MR) is 97.5 cm³/mol. The first kappa shape index (κ1) is 15.8. The van der Waals surface area contributed by atoms with Gasteiger partial charge in [0.15, 0.2) is 5.78 Å². The van der Waals surface area contributed by atoms with Gasteiger partial charge in [-0.15, -0.1) is 0 Å². The molecule has 0 aliphatic carbocycles. The summed E-state index contributed by atoms with van der Waals surface area (Å²) in [4.78, 5) is 13.5. The van der Waals surface area contributed by atoms with Crippen molar-refractivity contribution in [2.24, 2.45) is 0 Å². The van der Waals surface area contributed by atoms with Gasteiger partial charge in [-0.2, -0.15) is 0 Å². The predicted octanol–water partition coefficient (Wildman–Crippen LogP) is 5.37. The van der Waals surface area contributed by atoms with Crippen molar-refractivity contribution in [1.82, 2.24) is 0 Å². The highest BCUT2D eigenvalue weighted by atomic mass is 16.3. The number of para-hydroxylation sites is 2. The third-order valence-corrected chi connectivity index (χ3v) is 3.95. The average Bonchev–Trinajstić information content (AvgIpc) is 2.59. The van der Waals surface area contributed by atoms with Crippen molar-refractivity contribution < 1.29 is 9.90 Å². The lowest BCUT2D eigenvalue weighted by Crippen LogP contribution is -2.10. The van der Waals surface area contributed by atoms with Crippen LogP contribution in [0.3, 0.4) is 0 Å². The van der Waals surface area contributed by atoms with E-state index >= 15 is 0 Å². The van der Waals surface area contributed by atoms with Crippen molar-refractivity contribution in [3.8, 4) is 5.75 Å². The summed E-state index contributed by atoms with van der Waals surface area (Å²) in [5.41, 5.74) is 4.35. The number of aromatic hydroxyl groups is 1. The zero-order chi connectivity index (χ0) is 17.1. The number of hydrogen-bond donors (Lipinski definition) is 1. The molecule has 0 fully saturated rings. The molecule has 3 rings (SSSR count). The van der Waals surface area contributed by atoms with Gasteiger partial charge in [0, 0.05) is 16.9 Å². The Morgan fingerprint density at radius 2 is 1.38 bits per heavy atom. The van der Waals surface area contributed by atoms with Gasteiger partial charge in [0.25, 0.3) is 0 Å². The van der Waals surface area contributed by atoms with E-state index in [4.69, 9.17) is 0 Å². The summed E-state index contributed by atoms with van der Waals surface area (Å²) in [5.74, 6) is 0.236. The number of carbonyl (C=O) groups excluding carboxylic acids is 1. The molecule has 24 heavy (non-hydrogen) atoms. The molecule has 3 aromatic rings. The van der Waals surface area contributed by atoms with Gasteiger partial charge in [0.05, 0.1) is 5.69 Å². The highest BCUT2D eigenvalue weighted by molar-refractivity contribution is 5.94. The second-order valence-electron chi connectivity index (χ2n) is 5.76. The standard InChI is InChI=1S/C21H19NO2/c1-15-7-11-18(12-8-15)22(20-5-3-4-6-21(20)24)19-13-9-17(10-14-19)16(2)23/h3-14,24H,1-2H3. The van der Waals surface area contributed by atoms with Crippen LogP contribution in [0.2, 0.25) is 0 Å². The monoisotopic (exact) mass is 317 g/mol. The fraction of sp³-hybridized carbons (Fsp3) is 0.0952. The zero-order valence-corrected chi connectivity index (χ0v) is 13.7. The first-order valence-electron chi connectivity index (χ1n) is 7.82. The Morgan fingerprint density at radius 1 is 0.833 bits per heavy atom. The van der Waals surface area contributed by atoms with Gasteiger partial charge in [-0.25, -0.2) is 0 Å². The van der Waals surface area contributed by atoms with Crippen LogP contribution < -0.4 is 4.90 Å². The smallest absolute Gasteiger partial charge is 0.159 e. The summed E-state index contributed by atoms with van der Waals surface area (Å²) < 4.78 is 0. The van der Waals surface area contributed by atoms with Crippen LogP contribution in [0.1, 0.15) is 22.8 Å². The van der Waals surface area contributed by atoms with Crippen LogP contribution in [0, 0.1) is 6.92 Å². The van der Waals surface area contributed by atoms with Crippen LogP contribution in [-0.4, -0.2) is 10.9 Å². The minimum atomic E-state index is 0.0333. The number of rotatable bonds is 4. The van der Waals surface area contributed by atoms with Gasteiger partial charge < -0.3 is 10.0 Å². The molecule has 0 spiro atoms. The van der Waals surface area contributed by atoms with Crippen molar-refractivity contribution in [3.05, 3.63) is 83.9 Å². The molecule has 0 aliphatic heterocycles. The van der Waals surface area contributed by atoms with Crippen molar-refractivity contribution in [1.29, 1.82) is 0 Å². The molecule has 0 atom stereocenters. The number of phenols is 1. The molecule has 1 N–H and O–H groups in total. The van der Waals surface area contributed by atoms with Gasteiger partial charge in [-0.1, -0.05) is 29.8 Å². The molecule has 0 saturated heterocycles. The van der Waals surface area contributed by atoms with Gasteiger partial charge in [-0.3, -0.25) is 4.79 Å². The number of ketones is 1. The van der Waals surface area contributed by atoms with Crippen LogP contribution in [0.15, 0.2) is 72.8 Å². The van der Waals surface area contributed by atoms with E-state index in [-0.39, 0.29) is 11.5 Å². The molecule has 0 saturated carbocycles. The Labute approximate surface area is 141 Å². The maximum atomic E-state index is 11.5. The molecular weight excluding hydrogens is 298 g/mol. The number of anilines is 3. The fourth-order valence-corrected chi connectivity index (χ4v) is 2.62. The molecule has 0 aliphatic rings. The van der Waals surface area contributed by atoms with Crippen molar-refractivity contribution in [2.75, 3.05) is 4.90 Å². The van der Waals surface area contributed by atoms with Crippen LogP contribution in [0.5, 0.6) is 5.75 Å². The van der Waals surface area contributed by atoms with E-state index in [0.29, 0.717) is 11.3 Å². The lowest BCUT2D eigenvalue weighted by atomic mass is 10.1. The minimum absolute atomic E-state index is 0.0333. The van der Waals surface area contributed by atoms with E-state index in [1.165, 1.54) is 5.56 Å². The van der Waals surface area contributed by atoms with Gasteiger partial charge in [0.2, 0.25) is 0 Å². The zero-order valence-electron chi connectivity index (χ0n) is 13.7. The third kappa shape index (κ3) is 3.15. The SMILES string of the molecule is CC(=O)c1ccc(N(c2ccc(C)cc2)c2ccccc2O)cc1. The van der Waals surface area contributed by atoms with Crippen molar-refractivity contribution in [3.63, 3.8) is 0 Å². The molecule has 3 nitrogen and oxygen atoms in total. The first-order valence-corrected chi connectivity index (χ1v) is 7.82. The lowest BCUT2D eigenvalue weighted by Gasteiger charge is -2.26. The summed E-state index contributed by atoms with van der Waals surface area (Å²) >= 11 is 0. The average molecular weight is 317 g/mol. The van der Waals surface area contributed by atoms with Crippen molar-refractivity contribution >= 4 is 22.8 Å². The number of aryl methyl sites for hydroxylation is 1. The Morgan fingerprint density at radius 3 is 1.92 bits per heavy atom. The van der Waals surface area contributed by atoms with E-state index in [9.17, 15) is 9.90 Å². The molecule has 0 unspecified atom stereocenters. The van der Waals surface area contributed by atoms with Crippen LogP contribution in [-0.2, 0) is 0 Å². The molecule has 120 valence electrons. The maximum absolute atomic E-state index is 11.5. The molecular formula is C21H19NO2. The molecule has 0 amide bonds. The first-order chi connectivity index (χ1) is 11.6. The topological polar surface area (TPSA) is 40.5 Å². The second kappa shape index (κ2) is 6.59. The van der Waals surface area contributed by atoms with Crippen LogP contribution in [0.25, 0.3) is 0 Å². The second-order valence-corrected chi connectivity index (χ2v) is 5.76. The van der Waals surface area contributed by atoms with Crippen LogP contribution >= 0.6 is 0 Å². The van der Waals surface area contributed by atoms with E-state index in [1.54, 1.807) is 31.2 Å². The fourth-order valence-electron chi connectivity index (χ4n) is 2.62. The number of hydrogen-bond acceptors (Lipinski definition) is 3. The highest BCUT2D eigenvalue weighted by Crippen LogP contribution is 2.39. The molecule has 3 heteroatoms. The Balaban J connectivity index is 2.13. The lowest BCUT2D eigenvalue weighted by molar-refractivity contribution is 0.101. The van der Waals surface area contributed by atoms with Crippen molar-refractivity contribution in [2.45, 2.75) is 13.8 Å². The van der Waals surface area contributed by atoms with E-state index in [2.05, 4.69) is 0 Å². The number of Topliss-reactive ketones (excluding diaryl/α,β-unsaturated/α-hetero) is 1. The summed E-state index contributed by atoms with van der Waals surface area (Å²) in [5, 5.41) is 10.3. The molecule has 3 aromatic carbocycles. The largest absolute Gasteiger partial charge is 0.506 e. The Hall–Kier alpha value is -3.07. The maximum Gasteiger partial charge on any atom is 0.159 e. The number of benzene rings is 3. The third-order valence-electron chi connectivity index (χ3n) is 3.95. The van der Waals surface area contributed by atoms with Gasteiger partial charge in [-0.05, 0) is 62.4 Å². The van der Waals surface area contributed by atoms with Gasteiger partial charge in [0.1, 0.15) is 5.75 Å².